The van der Waals surface area contributed by atoms with Crippen LogP contribution in [0.25, 0.3) is 28.7 Å². The predicted octanol–water partition coefficient (Wildman–Crippen LogP) is 2.59. The molecule has 0 radical (unpaired) electrons. The molecule has 0 spiro atoms. The van der Waals surface area contributed by atoms with E-state index in [4.69, 9.17) is 24.5 Å². The Morgan fingerprint density at radius 2 is 1.69 bits per heavy atom. The standard InChI is InChI=1S/C19H18N6O4/c1-26-13-7-4-11(5-8-13)18-21-19(29-23-18)16-17(20)25(24-22-16)12-6-9-14(27-2)15(10-12)28-3/h4-10H,20H2,1-3H3. The lowest BCUT2D eigenvalue weighted by Gasteiger charge is -2.09. The number of nitrogens with zero attached hydrogens (tertiary/aromatic N) is 5. The van der Waals surface area contributed by atoms with Crippen LogP contribution < -0.4 is 19.9 Å². The van der Waals surface area contributed by atoms with Crippen LogP contribution in [0.2, 0.25) is 0 Å². The molecule has 148 valence electrons. The lowest BCUT2D eigenvalue weighted by molar-refractivity contribution is 0.354. The van der Waals surface area contributed by atoms with Crippen LogP contribution in [0.15, 0.2) is 47.0 Å². The van der Waals surface area contributed by atoms with Gasteiger partial charge in [-0.05, 0) is 36.4 Å². The molecular weight excluding hydrogens is 376 g/mol. The van der Waals surface area contributed by atoms with Crippen molar-refractivity contribution in [2.75, 3.05) is 27.1 Å². The molecular formula is C19H18N6O4. The first kappa shape index (κ1) is 18.3. The molecule has 0 saturated carbocycles. The maximum absolute atomic E-state index is 6.24. The summed E-state index contributed by atoms with van der Waals surface area (Å²) in [5, 5.41) is 12.2. The molecule has 10 nitrogen and oxygen atoms in total. The van der Waals surface area contributed by atoms with Gasteiger partial charge >= 0.3 is 0 Å². The molecule has 2 aromatic heterocycles. The lowest BCUT2D eigenvalue weighted by Crippen LogP contribution is -2.03. The summed E-state index contributed by atoms with van der Waals surface area (Å²) >= 11 is 0. The van der Waals surface area contributed by atoms with Gasteiger partial charge in [0.25, 0.3) is 5.89 Å². The van der Waals surface area contributed by atoms with Crippen LogP contribution in [0.1, 0.15) is 0 Å². The van der Waals surface area contributed by atoms with Crippen molar-refractivity contribution in [3.8, 4) is 45.9 Å². The maximum Gasteiger partial charge on any atom is 0.282 e. The number of benzene rings is 2. The normalized spacial score (nSPS) is 10.7. The summed E-state index contributed by atoms with van der Waals surface area (Å²) < 4.78 is 22.5. The molecule has 2 N–H and O–H groups in total. The van der Waals surface area contributed by atoms with Crippen molar-refractivity contribution in [2.24, 2.45) is 0 Å². The Kier molecular flexibility index (Phi) is 4.73. The van der Waals surface area contributed by atoms with Crippen molar-refractivity contribution in [3.63, 3.8) is 0 Å². The third-order valence-electron chi connectivity index (χ3n) is 4.29. The average molecular weight is 394 g/mol. The number of aromatic nitrogens is 5. The third kappa shape index (κ3) is 3.31. The molecule has 2 heterocycles. The van der Waals surface area contributed by atoms with E-state index in [9.17, 15) is 0 Å². The number of ether oxygens (including phenoxy) is 3. The molecule has 0 aliphatic heterocycles. The van der Waals surface area contributed by atoms with Crippen LogP contribution >= 0.6 is 0 Å². The highest BCUT2D eigenvalue weighted by atomic mass is 16.5. The van der Waals surface area contributed by atoms with E-state index in [1.807, 2.05) is 24.3 Å². The van der Waals surface area contributed by atoms with E-state index in [1.165, 1.54) is 4.68 Å². The largest absolute Gasteiger partial charge is 0.497 e. The summed E-state index contributed by atoms with van der Waals surface area (Å²) in [5.41, 5.74) is 7.94. The van der Waals surface area contributed by atoms with Gasteiger partial charge in [-0.25, -0.2) is 0 Å². The summed E-state index contributed by atoms with van der Waals surface area (Å²) in [6.07, 6.45) is 0. The van der Waals surface area contributed by atoms with Gasteiger partial charge in [0.15, 0.2) is 23.0 Å². The number of hydrogen-bond donors (Lipinski definition) is 1. The fraction of sp³-hybridized carbons (Fsp3) is 0.158. The molecule has 0 amide bonds. The summed E-state index contributed by atoms with van der Waals surface area (Å²) in [4.78, 5) is 4.38. The Morgan fingerprint density at radius 3 is 2.38 bits per heavy atom. The summed E-state index contributed by atoms with van der Waals surface area (Å²) in [5.74, 6) is 2.70. The van der Waals surface area contributed by atoms with E-state index in [0.717, 1.165) is 11.3 Å². The average Bonchev–Trinajstić information content (AvgIpc) is 3.40. The van der Waals surface area contributed by atoms with E-state index >= 15 is 0 Å². The molecule has 0 aliphatic carbocycles. The number of nitrogen functional groups attached to an aromatic ring is 1. The first-order valence-electron chi connectivity index (χ1n) is 8.56. The molecule has 0 unspecified atom stereocenters. The minimum atomic E-state index is 0.167. The van der Waals surface area contributed by atoms with Crippen LogP contribution in [0.3, 0.4) is 0 Å². The Labute approximate surface area is 165 Å². The molecule has 0 saturated heterocycles. The summed E-state index contributed by atoms with van der Waals surface area (Å²) in [6.45, 7) is 0. The minimum absolute atomic E-state index is 0.167. The zero-order valence-electron chi connectivity index (χ0n) is 16.0. The zero-order valence-corrected chi connectivity index (χ0v) is 16.0. The second kappa shape index (κ2) is 7.50. The first-order chi connectivity index (χ1) is 14.1. The second-order valence-electron chi connectivity index (χ2n) is 5.93. The van der Waals surface area contributed by atoms with E-state index < -0.39 is 0 Å². The van der Waals surface area contributed by atoms with E-state index in [-0.39, 0.29) is 17.4 Å². The molecule has 0 fully saturated rings. The van der Waals surface area contributed by atoms with Crippen LogP contribution in [0.5, 0.6) is 17.2 Å². The van der Waals surface area contributed by atoms with E-state index in [0.29, 0.717) is 23.0 Å². The van der Waals surface area contributed by atoms with Gasteiger partial charge in [-0.15, -0.1) is 5.10 Å². The van der Waals surface area contributed by atoms with Gasteiger partial charge < -0.3 is 24.5 Å². The van der Waals surface area contributed by atoms with Crippen LogP contribution in [-0.2, 0) is 0 Å². The first-order valence-corrected chi connectivity index (χ1v) is 8.56. The Balaban J connectivity index is 1.66. The van der Waals surface area contributed by atoms with Gasteiger partial charge in [0.2, 0.25) is 5.82 Å². The van der Waals surface area contributed by atoms with Gasteiger partial charge in [0.1, 0.15) is 5.75 Å². The van der Waals surface area contributed by atoms with Crippen LogP contribution in [-0.4, -0.2) is 46.5 Å². The Morgan fingerprint density at radius 1 is 0.931 bits per heavy atom. The Hall–Kier alpha value is -4.08. The lowest BCUT2D eigenvalue weighted by atomic mass is 10.2. The van der Waals surface area contributed by atoms with Crippen molar-refractivity contribution in [1.82, 2.24) is 25.1 Å². The van der Waals surface area contributed by atoms with Crippen LogP contribution in [0.4, 0.5) is 5.82 Å². The van der Waals surface area contributed by atoms with Crippen molar-refractivity contribution < 1.29 is 18.7 Å². The summed E-state index contributed by atoms with van der Waals surface area (Å²) in [6, 6.07) is 12.6. The molecule has 4 rings (SSSR count). The molecule has 0 bridgehead atoms. The highest BCUT2D eigenvalue weighted by molar-refractivity contribution is 5.67. The van der Waals surface area contributed by atoms with Crippen LogP contribution in [0, 0.1) is 0 Å². The van der Waals surface area contributed by atoms with Gasteiger partial charge in [0, 0.05) is 11.6 Å². The number of anilines is 1. The number of methoxy groups -OCH3 is 3. The van der Waals surface area contributed by atoms with Gasteiger partial charge in [-0.3, -0.25) is 0 Å². The number of rotatable bonds is 6. The molecule has 10 heteroatoms. The van der Waals surface area contributed by atoms with Gasteiger partial charge in [0.05, 0.1) is 27.0 Å². The maximum atomic E-state index is 6.24. The summed E-state index contributed by atoms with van der Waals surface area (Å²) in [7, 11) is 4.72. The third-order valence-corrected chi connectivity index (χ3v) is 4.29. The molecule has 4 aromatic rings. The van der Waals surface area contributed by atoms with Crippen molar-refractivity contribution in [3.05, 3.63) is 42.5 Å². The SMILES string of the molecule is COc1ccc(-c2noc(-c3nnn(-c4ccc(OC)c(OC)c4)c3N)n2)cc1. The molecule has 29 heavy (non-hydrogen) atoms. The van der Waals surface area contributed by atoms with Crippen molar-refractivity contribution in [1.29, 1.82) is 0 Å². The van der Waals surface area contributed by atoms with E-state index in [2.05, 4.69) is 20.5 Å². The highest BCUT2D eigenvalue weighted by Gasteiger charge is 2.20. The van der Waals surface area contributed by atoms with Gasteiger partial charge in [-0.2, -0.15) is 9.67 Å². The minimum Gasteiger partial charge on any atom is -0.497 e. The molecule has 0 atom stereocenters. The van der Waals surface area contributed by atoms with Crippen molar-refractivity contribution >= 4 is 5.82 Å². The monoisotopic (exact) mass is 394 g/mol. The predicted molar refractivity (Wildman–Crippen MR) is 104 cm³/mol. The zero-order chi connectivity index (χ0) is 20.4. The Bertz CT molecular complexity index is 1140. The fourth-order valence-corrected chi connectivity index (χ4v) is 2.77. The highest BCUT2D eigenvalue weighted by Crippen LogP contribution is 2.31. The fourth-order valence-electron chi connectivity index (χ4n) is 2.77. The number of hydrogen-bond acceptors (Lipinski definition) is 9. The second-order valence-corrected chi connectivity index (χ2v) is 5.93. The molecule has 2 aromatic carbocycles. The van der Waals surface area contributed by atoms with E-state index in [1.54, 1.807) is 39.5 Å². The molecule has 0 aliphatic rings. The smallest absolute Gasteiger partial charge is 0.282 e. The topological polar surface area (TPSA) is 123 Å². The quantitative estimate of drug-likeness (QED) is 0.525. The van der Waals surface area contributed by atoms with Crippen molar-refractivity contribution in [2.45, 2.75) is 0 Å². The number of nitrogens with two attached hydrogens (primary N) is 1. The van der Waals surface area contributed by atoms with Gasteiger partial charge in [-0.1, -0.05) is 10.4 Å².